The van der Waals surface area contributed by atoms with E-state index in [4.69, 9.17) is 0 Å². The van der Waals surface area contributed by atoms with Crippen LogP contribution in [-0.2, 0) is 0 Å². The summed E-state index contributed by atoms with van der Waals surface area (Å²) in [5.74, 6) is 0. The lowest BCUT2D eigenvalue weighted by Gasteiger charge is -2.22. The molecule has 0 unspecified atom stereocenters. The summed E-state index contributed by atoms with van der Waals surface area (Å²) in [6.45, 7) is 0. The normalized spacial score (nSPS) is 14.5. The molecule has 1 aliphatic rings. The van der Waals surface area contributed by atoms with Crippen LogP contribution in [0, 0.1) is 0 Å². The first kappa shape index (κ1) is 18.1. The van der Waals surface area contributed by atoms with Gasteiger partial charge in [0, 0.05) is 42.9 Å². The van der Waals surface area contributed by atoms with Gasteiger partial charge < -0.3 is 20.9 Å². The zero-order chi connectivity index (χ0) is 18.4. The summed E-state index contributed by atoms with van der Waals surface area (Å²) in [5.41, 5.74) is 3.98. The smallest absolute Gasteiger partial charge is 0.319 e. The topological polar surface area (TPSA) is 56.4 Å². The zero-order valence-corrected chi connectivity index (χ0v) is 15.6. The van der Waals surface area contributed by atoms with Crippen LogP contribution in [0.5, 0.6) is 0 Å². The van der Waals surface area contributed by atoms with Crippen LogP contribution in [0.4, 0.5) is 27.5 Å². The number of carbonyl (C=O) groups is 1. The Hall–Kier alpha value is -2.69. The predicted molar refractivity (Wildman–Crippen MR) is 110 cm³/mol. The molecule has 3 rings (SSSR count). The number of anilines is 4. The minimum absolute atomic E-state index is 0.114. The van der Waals surface area contributed by atoms with Crippen molar-refractivity contribution in [1.29, 1.82) is 0 Å². The van der Waals surface area contributed by atoms with Crippen molar-refractivity contribution in [3.05, 3.63) is 48.5 Å². The van der Waals surface area contributed by atoms with Crippen LogP contribution in [-0.4, -0.2) is 26.2 Å². The molecular weight excluding hydrogens is 324 g/mol. The van der Waals surface area contributed by atoms with E-state index >= 15 is 0 Å². The van der Waals surface area contributed by atoms with Crippen molar-refractivity contribution in [1.82, 2.24) is 5.32 Å². The molecule has 0 bridgehead atoms. The standard InChI is InChI=1S/C21H28N4O/c1-25(2)20-14-12-18(13-15-20)22-17-8-10-19(11-9-17)24-21(26)23-16-6-4-3-5-7-16/h8-16,22H,3-7H2,1-2H3,(H2,23,24,26). The highest BCUT2D eigenvalue weighted by molar-refractivity contribution is 5.89. The average Bonchev–Trinajstić information content (AvgIpc) is 2.64. The molecule has 138 valence electrons. The molecule has 0 radical (unpaired) electrons. The van der Waals surface area contributed by atoms with E-state index in [-0.39, 0.29) is 6.03 Å². The number of benzene rings is 2. The number of amides is 2. The van der Waals surface area contributed by atoms with Gasteiger partial charge >= 0.3 is 6.03 Å². The minimum Gasteiger partial charge on any atom is -0.378 e. The second-order valence-electron chi connectivity index (χ2n) is 7.08. The molecule has 5 heteroatoms. The summed E-state index contributed by atoms with van der Waals surface area (Å²) in [5, 5.41) is 9.35. The number of carbonyl (C=O) groups excluding carboxylic acids is 1. The van der Waals surface area contributed by atoms with E-state index < -0.39 is 0 Å². The molecule has 0 aliphatic heterocycles. The lowest BCUT2D eigenvalue weighted by molar-refractivity contribution is 0.244. The number of nitrogens with zero attached hydrogens (tertiary/aromatic N) is 1. The van der Waals surface area contributed by atoms with E-state index in [2.05, 4.69) is 45.1 Å². The Kier molecular flexibility index (Phi) is 6.00. The van der Waals surface area contributed by atoms with E-state index in [0.29, 0.717) is 6.04 Å². The van der Waals surface area contributed by atoms with Crippen LogP contribution >= 0.6 is 0 Å². The first-order valence-electron chi connectivity index (χ1n) is 9.32. The lowest BCUT2D eigenvalue weighted by atomic mass is 9.96. The van der Waals surface area contributed by atoms with Crippen molar-refractivity contribution in [2.45, 2.75) is 38.1 Å². The van der Waals surface area contributed by atoms with Gasteiger partial charge in [0.05, 0.1) is 0 Å². The minimum atomic E-state index is -0.114. The van der Waals surface area contributed by atoms with E-state index in [9.17, 15) is 4.79 Å². The van der Waals surface area contributed by atoms with Gasteiger partial charge in [0.1, 0.15) is 0 Å². The zero-order valence-electron chi connectivity index (χ0n) is 15.6. The molecule has 2 aromatic carbocycles. The average molecular weight is 352 g/mol. The Labute approximate surface area is 155 Å². The predicted octanol–water partition coefficient (Wildman–Crippen LogP) is 4.95. The van der Waals surface area contributed by atoms with Crippen molar-refractivity contribution in [3.63, 3.8) is 0 Å². The molecule has 0 heterocycles. The maximum absolute atomic E-state index is 12.1. The molecule has 5 nitrogen and oxygen atoms in total. The van der Waals surface area contributed by atoms with Crippen LogP contribution in [0.3, 0.4) is 0 Å². The van der Waals surface area contributed by atoms with Gasteiger partial charge in [0.15, 0.2) is 0 Å². The molecule has 2 aromatic rings. The molecule has 1 aliphatic carbocycles. The van der Waals surface area contributed by atoms with Crippen LogP contribution in [0.1, 0.15) is 32.1 Å². The number of nitrogens with one attached hydrogen (secondary N) is 3. The Bertz CT molecular complexity index is 704. The summed E-state index contributed by atoms with van der Waals surface area (Å²) in [6.07, 6.45) is 5.87. The summed E-state index contributed by atoms with van der Waals surface area (Å²) in [7, 11) is 4.05. The molecule has 2 amide bonds. The van der Waals surface area contributed by atoms with Gasteiger partial charge in [-0.05, 0) is 61.4 Å². The third-order valence-electron chi connectivity index (χ3n) is 4.76. The highest BCUT2D eigenvalue weighted by atomic mass is 16.2. The monoisotopic (exact) mass is 352 g/mol. The van der Waals surface area contributed by atoms with Crippen LogP contribution in [0.15, 0.2) is 48.5 Å². The van der Waals surface area contributed by atoms with Crippen LogP contribution in [0.25, 0.3) is 0 Å². The molecule has 0 aromatic heterocycles. The molecular formula is C21H28N4O. The second-order valence-corrected chi connectivity index (χ2v) is 7.08. The van der Waals surface area contributed by atoms with Crippen LogP contribution in [0.2, 0.25) is 0 Å². The fourth-order valence-corrected chi connectivity index (χ4v) is 3.25. The number of hydrogen-bond acceptors (Lipinski definition) is 3. The van der Waals surface area contributed by atoms with Gasteiger partial charge in [-0.1, -0.05) is 19.3 Å². The number of rotatable bonds is 5. The van der Waals surface area contributed by atoms with Crippen molar-refractivity contribution >= 4 is 28.8 Å². The second kappa shape index (κ2) is 8.61. The van der Waals surface area contributed by atoms with Gasteiger partial charge in [0.2, 0.25) is 0 Å². The fourth-order valence-electron chi connectivity index (χ4n) is 3.25. The molecule has 0 spiro atoms. The number of urea groups is 1. The molecule has 0 saturated heterocycles. The molecule has 3 N–H and O–H groups in total. The third kappa shape index (κ3) is 5.15. The number of hydrogen-bond donors (Lipinski definition) is 3. The van der Waals surface area contributed by atoms with E-state index in [0.717, 1.165) is 29.9 Å². The largest absolute Gasteiger partial charge is 0.378 e. The van der Waals surface area contributed by atoms with Crippen LogP contribution < -0.4 is 20.9 Å². The Morgan fingerprint density at radius 1 is 0.846 bits per heavy atom. The van der Waals surface area contributed by atoms with Crippen molar-refractivity contribution in [2.75, 3.05) is 29.6 Å². The summed E-state index contributed by atoms with van der Waals surface area (Å²) < 4.78 is 0. The molecule has 1 fully saturated rings. The highest BCUT2D eigenvalue weighted by Gasteiger charge is 2.15. The van der Waals surface area contributed by atoms with Gasteiger partial charge in [0.25, 0.3) is 0 Å². The summed E-state index contributed by atoms with van der Waals surface area (Å²) in [4.78, 5) is 14.2. The Morgan fingerprint density at radius 2 is 1.38 bits per heavy atom. The third-order valence-corrected chi connectivity index (χ3v) is 4.76. The van der Waals surface area contributed by atoms with Crippen molar-refractivity contribution in [3.8, 4) is 0 Å². The Balaban J connectivity index is 1.52. The van der Waals surface area contributed by atoms with E-state index in [1.807, 2.05) is 38.4 Å². The van der Waals surface area contributed by atoms with E-state index in [1.54, 1.807) is 0 Å². The first-order chi connectivity index (χ1) is 12.6. The van der Waals surface area contributed by atoms with E-state index in [1.165, 1.54) is 24.9 Å². The van der Waals surface area contributed by atoms with Crippen molar-refractivity contribution < 1.29 is 4.79 Å². The summed E-state index contributed by atoms with van der Waals surface area (Å²) >= 11 is 0. The maximum Gasteiger partial charge on any atom is 0.319 e. The Morgan fingerprint density at radius 3 is 1.96 bits per heavy atom. The molecule has 26 heavy (non-hydrogen) atoms. The first-order valence-corrected chi connectivity index (χ1v) is 9.32. The van der Waals surface area contributed by atoms with Crippen molar-refractivity contribution in [2.24, 2.45) is 0 Å². The highest BCUT2D eigenvalue weighted by Crippen LogP contribution is 2.22. The summed E-state index contributed by atoms with van der Waals surface area (Å²) in [6, 6.07) is 16.2. The quantitative estimate of drug-likeness (QED) is 0.713. The van der Waals surface area contributed by atoms with Gasteiger partial charge in [-0.15, -0.1) is 0 Å². The fraction of sp³-hybridized carbons (Fsp3) is 0.381. The maximum atomic E-state index is 12.1. The molecule has 0 atom stereocenters. The lowest BCUT2D eigenvalue weighted by Crippen LogP contribution is -2.38. The SMILES string of the molecule is CN(C)c1ccc(Nc2ccc(NC(=O)NC3CCCCC3)cc2)cc1. The molecule has 1 saturated carbocycles. The van der Waals surface area contributed by atoms with Gasteiger partial charge in [-0.3, -0.25) is 0 Å². The van der Waals surface area contributed by atoms with Gasteiger partial charge in [-0.2, -0.15) is 0 Å². The van der Waals surface area contributed by atoms with Gasteiger partial charge in [-0.25, -0.2) is 4.79 Å².